The summed E-state index contributed by atoms with van der Waals surface area (Å²) in [6.07, 6.45) is 0. The second-order valence-electron chi connectivity index (χ2n) is 2.95. The van der Waals surface area contributed by atoms with Crippen LogP contribution in [-0.2, 0) is 20.8 Å². The molecule has 0 saturated carbocycles. The zero-order valence-corrected chi connectivity index (χ0v) is 10.1. The van der Waals surface area contributed by atoms with Gasteiger partial charge in [-0.1, -0.05) is 0 Å². The highest BCUT2D eigenvalue weighted by molar-refractivity contribution is 7.81. The fourth-order valence-electron chi connectivity index (χ4n) is 0.967. The Kier molecular flexibility index (Phi) is 3.57. The van der Waals surface area contributed by atoms with Crippen LogP contribution in [-0.4, -0.2) is 25.9 Å². The molecule has 6 N–H and O–H groups in total. The molecule has 10 nitrogen and oxygen atoms in total. The van der Waals surface area contributed by atoms with Crippen molar-refractivity contribution in [1.29, 1.82) is 0 Å². The van der Waals surface area contributed by atoms with Crippen molar-refractivity contribution in [3.8, 4) is 11.5 Å². The Morgan fingerprint density at radius 3 is 1.44 bits per heavy atom. The molecule has 0 heterocycles. The highest BCUT2D eigenvalue weighted by Gasteiger charge is 2.17. The molecule has 0 unspecified atom stereocenters. The normalized spacial score (nSPS) is 12.1. The molecule has 0 fully saturated rings. The molecule has 0 saturated heterocycles. The van der Waals surface area contributed by atoms with E-state index in [2.05, 4.69) is 8.37 Å². The van der Waals surface area contributed by atoms with E-state index in [4.69, 9.17) is 20.6 Å². The summed E-state index contributed by atoms with van der Waals surface area (Å²) in [7, 11) is -9.72. The third-order valence-electron chi connectivity index (χ3n) is 1.53. The van der Waals surface area contributed by atoms with Crippen LogP contribution in [0.3, 0.4) is 0 Å². The average molecular weight is 300 g/mol. The van der Waals surface area contributed by atoms with Gasteiger partial charge in [0.15, 0.2) is 11.5 Å². The van der Waals surface area contributed by atoms with Crippen molar-refractivity contribution in [1.82, 2.24) is 0 Å². The van der Waals surface area contributed by atoms with Gasteiger partial charge in [0.1, 0.15) is 0 Å². The van der Waals surface area contributed by atoms with E-state index in [9.17, 15) is 16.8 Å². The van der Waals surface area contributed by atoms with Crippen molar-refractivity contribution in [3.63, 3.8) is 0 Å². The van der Waals surface area contributed by atoms with E-state index < -0.39 is 32.3 Å². The minimum absolute atomic E-state index is 0.298. The SMILES string of the molecule is Nc1cc(N)c(OS(=O)(=O)O)cc1OS(=O)(=O)O. The van der Waals surface area contributed by atoms with E-state index in [0.29, 0.717) is 6.07 Å². The molecule has 0 aliphatic carbocycles. The molecule has 0 atom stereocenters. The number of hydrogen-bond donors (Lipinski definition) is 4. The lowest BCUT2D eigenvalue weighted by Gasteiger charge is -2.10. The lowest BCUT2D eigenvalue weighted by atomic mass is 10.2. The number of benzene rings is 1. The summed E-state index contributed by atoms with van der Waals surface area (Å²) >= 11 is 0. The van der Waals surface area contributed by atoms with Gasteiger partial charge in [0.25, 0.3) is 0 Å². The molecule has 0 aliphatic rings. The van der Waals surface area contributed by atoms with Crippen molar-refractivity contribution < 1.29 is 34.3 Å². The first kappa shape index (κ1) is 14.3. The summed E-state index contributed by atoms with van der Waals surface area (Å²) in [4.78, 5) is 0. The maximum atomic E-state index is 10.5. The minimum atomic E-state index is -4.86. The minimum Gasteiger partial charge on any atom is -0.396 e. The fraction of sp³-hybridized carbons (Fsp3) is 0. The number of hydrogen-bond acceptors (Lipinski definition) is 8. The Balaban J connectivity index is 3.26. The largest absolute Gasteiger partial charge is 0.446 e. The van der Waals surface area contributed by atoms with Gasteiger partial charge in [-0.15, -0.1) is 0 Å². The Morgan fingerprint density at radius 1 is 0.833 bits per heavy atom. The molecule has 18 heavy (non-hydrogen) atoms. The highest BCUT2D eigenvalue weighted by atomic mass is 32.3. The average Bonchev–Trinajstić information content (AvgIpc) is 2.08. The summed E-state index contributed by atoms with van der Waals surface area (Å²) in [6.45, 7) is 0. The van der Waals surface area contributed by atoms with Crippen LogP contribution in [0.25, 0.3) is 0 Å². The zero-order valence-electron chi connectivity index (χ0n) is 8.47. The van der Waals surface area contributed by atoms with Crippen LogP contribution < -0.4 is 19.8 Å². The van der Waals surface area contributed by atoms with Crippen LogP contribution in [0.2, 0.25) is 0 Å². The van der Waals surface area contributed by atoms with E-state index in [1.54, 1.807) is 0 Å². The summed E-state index contributed by atoms with van der Waals surface area (Å²) in [6, 6.07) is 1.59. The van der Waals surface area contributed by atoms with Gasteiger partial charge in [-0.2, -0.15) is 16.8 Å². The van der Waals surface area contributed by atoms with Crippen molar-refractivity contribution in [3.05, 3.63) is 12.1 Å². The van der Waals surface area contributed by atoms with Gasteiger partial charge >= 0.3 is 20.8 Å². The first-order valence-corrected chi connectivity index (χ1v) is 6.74. The predicted molar refractivity (Wildman–Crippen MR) is 59.6 cm³/mol. The topological polar surface area (TPSA) is 179 Å². The first-order chi connectivity index (χ1) is 7.98. The van der Waals surface area contributed by atoms with E-state index >= 15 is 0 Å². The van der Waals surface area contributed by atoms with Crippen LogP contribution in [0, 0.1) is 0 Å². The molecule has 0 aromatic heterocycles. The third-order valence-corrected chi connectivity index (χ3v) is 2.31. The predicted octanol–water partition coefficient (Wildman–Crippen LogP) is -0.786. The smallest absolute Gasteiger partial charge is 0.396 e. The van der Waals surface area contributed by atoms with E-state index in [0.717, 1.165) is 6.07 Å². The molecule has 1 aromatic rings. The van der Waals surface area contributed by atoms with E-state index in [1.807, 2.05) is 0 Å². The Bertz CT molecular complexity index is 610. The quantitative estimate of drug-likeness (QED) is 0.406. The molecule has 1 aromatic carbocycles. The molecular formula is C6H8N2O8S2. The molecule has 1 rings (SSSR count). The number of rotatable bonds is 4. The molecule has 0 radical (unpaired) electrons. The Hall–Kier alpha value is -1.76. The molecule has 0 aliphatic heterocycles. The Labute approximate surface area is 102 Å². The van der Waals surface area contributed by atoms with Gasteiger partial charge in [0.05, 0.1) is 11.4 Å². The third kappa shape index (κ3) is 4.25. The summed E-state index contributed by atoms with van der Waals surface area (Å²) < 4.78 is 66.8. The maximum absolute atomic E-state index is 10.5. The van der Waals surface area contributed by atoms with Gasteiger partial charge in [0, 0.05) is 6.07 Å². The highest BCUT2D eigenvalue weighted by Crippen LogP contribution is 2.34. The number of nitrogen functional groups attached to an aromatic ring is 2. The van der Waals surface area contributed by atoms with Gasteiger partial charge in [-0.25, -0.2) is 0 Å². The van der Waals surface area contributed by atoms with Crippen molar-refractivity contribution in [2.45, 2.75) is 0 Å². The molecule has 0 spiro atoms. The van der Waals surface area contributed by atoms with Crippen molar-refractivity contribution >= 4 is 32.2 Å². The van der Waals surface area contributed by atoms with Crippen molar-refractivity contribution in [2.24, 2.45) is 0 Å². The zero-order chi connectivity index (χ0) is 14.1. The van der Waals surface area contributed by atoms with Crippen LogP contribution >= 0.6 is 0 Å². The van der Waals surface area contributed by atoms with Crippen LogP contribution in [0.1, 0.15) is 0 Å². The van der Waals surface area contributed by atoms with E-state index in [-0.39, 0.29) is 11.4 Å². The second kappa shape index (κ2) is 4.49. The van der Waals surface area contributed by atoms with E-state index in [1.165, 1.54) is 0 Å². The van der Waals surface area contributed by atoms with Crippen LogP contribution in [0.15, 0.2) is 12.1 Å². The standard InChI is InChI=1S/C6H8N2O8S2/c7-3-1-4(8)6(16-18(12,13)14)2-5(3)15-17(9,10)11/h1-2H,7-8H2,(H,9,10,11)(H,12,13,14). The Morgan fingerprint density at radius 2 is 1.17 bits per heavy atom. The monoisotopic (exact) mass is 300 g/mol. The van der Waals surface area contributed by atoms with Crippen molar-refractivity contribution in [2.75, 3.05) is 11.5 Å². The number of nitrogens with two attached hydrogens (primary N) is 2. The summed E-state index contributed by atoms with van der Waals surface area (Å²) in [5.74, 6) is -1.24. The summed E-state index contributed by atoms with van der Waals surface area (Å²) in [5, 5.41) is 0. The molecular weight excluding hydrogens is 292 g/mol. The lowest BCUT2D eigenvalue weighted by Crippen LogP contribution is -2.11. The summed E-state index contributed by atoms with van der Waals surface area (Å²) in [5.41, 5.74) is 10.0. The number of anilines is 2. The van der Waals surface area contributed by atoms with Gasteiger partial charge in [-0.05, 0) is 6.07 Å². The molecule has 102 valence electrons. The molecule has 0 amide bonds. The van der Waals surface area contributed by atoms with Crippen LogP contribution in [0.5, 0.6) is 11.5 Å². The fourth-order valence-corrected chi connectivity index (χ4v) is 1.71. The van der Waals surface area contributed by atoms with Gasteiger partial charge in [0.2, 0.25) is 0 Å². The first-order valence-electron chi connectivity index (χ1n) is 4.01. The van der Waals surface area contributed by atoms with Gasteiger partial charge < -0.3 is 19.8 Å². The molecule has 12 heteroatoms. The van der Waals surface area contributed by atoms with Crippen LogP contribution in [0.4, 0.5) is 11.4 Å². The maximum Gasteiger partial charge on any atom is 0.446 e. The van der Waals surface area contributed by atoms with Gasteiger partial charge in [-0.3, -0.25) is 9.11 Å². The lowest BCUT2D eigenvalue weighted by molar-refractivity contribution is 0.383. The molecule has 0 bridgehead atoms. The second-order valence-corrected chi connectivity index (χ2v) is 4.99.